The summed E-state index contributed by atoms with van der Waals surface area (Å²) < 4.78 is 35.3. The molecule has 0 unspecified atom stereocenters. The smallest absolute Gasteiger partial charge is 0.407 e. The first-order valence-electron chi connectivity index (χ1n) is 9.10. The standard InChI is InChI=1S/C20H17ClF2N4O3/c1-30-14-4-2-3-13(22)16(14)15-12(21)9-11-18(17(15)23)24-10-25-19(11)26-5-7-27(8-6-26)20(28)29/h2-4,9-10H,5-8H2,1H3,(H,28,29). The molecule has 1 amide bonds. The van der Waals surface area contributed by atoms with E-state index in [1.54, 1.807) is 0 Å². The summed E-state index contributed by atoms with van der Waals surface area (Å²) in [6.07, 6.45) is 0.236. The van der Waals surface area contributed by atoms with E-state index in [1.165, 1.54) is 42.6 Å². The van der Waals surface area contributed by atoms with E-state index in [0.29, 0.717) is 37.4 Å². The van der Waals surface area contributed by atoms with Crippen LogP contribution in [-0.2, 0) is 0 Å². The van der Waals surface area contributed by atoms with Crippen molar-refractivity contribution >= 4 is 34.4 Å². The molecular weight excluding hydrogens is 418 g/mol. The van der Waals surface area contributed by atoms with Crippen LogP contribution in [0.3, 0.4) is 0 Å². The maximum Gasteiger partial charge on any atom is 0.407 e. The van der Waals surface area contributed by atoms with Crippen LogP contribution < -0.4 is 9.64 Å². The molecule has 10 heteroatoms. The highest BCUT2D eigenvalue weighted by Crippen LogP contribution is 2.42. The molecule has 0 bridgehead atoms. The Morgan fingerprint density at radius 1 is 1.17 bits per heavy atom. The van der Waals surface area contributed by atoms with Crippen molar-refractivity contribution in [3.05, 3.63) is 47.2 Å². The number of methoxy groups -OCH3 is 1. The maximum atomic E-state index is 15.5. The summed E-state index contributed by atoms with van der Waals surface area (Å²) in [5, 5.41) is 9.47. The van der Waals surface area contributed by atoms with Gasteiger partial charge in [0.25, 0.3) is 0 Å². The quantitative estimate of drug-likeness (QED) is 0.670. The van der Waals surface area contributed by atoms with Crippen LogP contribution in [-0.4, -0.2) is 59.4 Å². The molecule has 2 heterocycles. The number of halogens is 3. The summed E-state index contributed by atoms with van der Waals surface area (Å²) in [4.78, 5) is 22.6. The van der Waals surface area contributed by atoms with Crippen molar-refractivity contribution in [2.24, 2.45) is 0 Å². The number of carbonyl (C=O) groups is 1. The number of nitrogens with zero attached hydrogens (tertiary/aromatic N) is 4. The molecule has 1 N–H and O–H groups in total. The summed E-state index contributed by atoms with van der Waals surface area (Å²) in [6, 6.07) is 5.68. The number of fused-ring (bicyclic) bond motifs is 1. The third-order valence-electron chi connectivity index (χ3n) is 5.10. The largest absolute Gasteiger partial charge is 0.496 e. The lowest BCUT2D eigenvalue weighted by Crippen LogP contribution is -2.48. The van der Waals surface area contributed by atoms with Crippen molar-refractivity contribution in [2.45, 2.75) is 0 Å². The van der Waals surface area contributed by atoms with E-state index in [2.05, 4.69) is 9.97 Å². The molecule has 2 aromatic carbocycles. The number of hydrogen-bond acceptors (Lipinski definition) is 5. The Morgan fingerprint density at radius 2 is 1.90 bits per heavy atom. The van der Waals surface area contributed by atoms with Crippen LogP contribution in [0.25, 0.3) is 22.0 Å². The molecule has 1 aliphatic rings. The van der Waals surface area contributed by atoms with Crippen molar-refractivity contribution in [3.8, 4) is 16.9 Å². The third kappa shape index (κ3) is 3.35. The van der Waals surface area contributed by atoms with E-state index >= 15 is 4.39 Å². The predicted octanol–water partition coefficient (Wildman–Crippen LogP) is 4.04. The molecule has 156 valence electrons. The second-order valence-corrected chi connectivity index (χ2v) is 7.12. The van der Waals surface area contributed by atoms with Gasteiger partial charge in [-0.1, -0.05) is 17.7 Å². The Hall–Kier alpha value is -3.20. The Balaban J connectivity index is 1.83. The molecule has 4 rings (SSSR count). The Bertz CT molecular complexity index is 1140. The van der Waals surface area contributed by atoms with Crippen LogP contribution in [0.15, 0.2) is 30.6 Å². The molecule has 1 fully saturated rings. The average molecular weight is 435 g/mol. The molecule has 0 atom stereocenters. The second-order valence-electron chi connectivity index (χ2n) is 6.71. The minimum absolute atomic E-state index is 0.00892. The molecule has 1 saturated heterocycles. The van der Waals surface area contributed by atoms with Gasteiger partial charge in [-0.3, -0.25) is 0 Å². The van der Waals surface area contributed by atoms with Gasteiger partial charge < -0.3 is 19.6 Å². The summed E-state index contributed by atoms with van der Waals surface area (Å²) in [5.41, 5.74) is -0.232. The first-order chi connectivity index (χ1) is 14.4. The van der Waals surface area contributed by atoms with Crippen LogP contribution in [0.4, 0.5) is 19.4 Å². The lowest BCUT2D eigenvalue weighted by atomic mass is 10.0. The first kappa shape index (κ1) is 20.1. The van der Waals surface area contributed by atoms with E-state index in [1.807, 2.05) is 4.90 Å². The summed E-state index contributed by atoms with van der Waals surface area (Å²) in [7, 11) is 1.36. The van der Waals surface area contributed by atoms with Crippen LogP contribution in [0, 0.1) is 11.6 Å². The molecule has 0 radical (unpaired) electrons. The Morgan fingerprint density at radius 3 is 2.57 bits per heavy atom. The van der Waals surface area contributed by atoms with E-state index in [9.17, 15) is 9.18 Å². The number of aromatic nitrogens is 2. The SMILES string of the molecule is COc1cccc(F)c1-c1c(Cl)cc2c(N3CCN(C(=O)O)CC3)ncnc2c1F. The molecule has 30 heavy (non-hydrogen) atoms. The lowest BCUT2D eigenvalue weighted by molar-refractivity contribution is 0.142. The van der Waals surface area contributed by atoms with Crippen LogP contribution in [0.2, 0.25) is 5.02 Å². The molecular formula is C20H17ClF2N4O3. The monoisotopic (exact) mass is 434 g/mol. The van der Waals surface area contributed by atoms with Gasteiger partial charge >= 0.3 is 6.09 Å². The minimum atomic E-state index is -0.986. The summed E-state index contributed by atoms with van der Waals surface area (Å²) in [6.45, 7) is 1.37. The van der Waals surface area contributed by atoms with Gasteiger partial charge in [-0.05, 0) is 18.2 Å². The maximum absolute atomic E-state index is 15.5. The zero-order chi connectivity index (χ0) is 21.4. The topological polar surface area (TPSA) is 78.8 Å². The zero-order valence-electron chi connectivity index (χ0n) is 15.9. The van der Waals surface area contributed by atoms with Gasteiger partial charge in [-0.25, -0.2) is 23.5 Å². The van der Waals surface area contributed by atoms with Crippen molar-refractivity contribution in [1.29, 1.82) is 0 Å². The van der Waals surface area contributed by atoms with Gasteiger partial charge in [0.2, 0.25) is 0 Å². The third-order valence-corrected chi connectivity index (χ3v) is 5.39. The van der Waals surface area contributed by atoms with E-state index in [4.69, 9.17) is 21.4 Å². The van der Waals surface area contributed by atoms with Crippen LogP contribution in [0.1, 0.15) is 0 Å². The van der Waals surface area contributed by atoms with Gasteiger partial charge in [0.15, 0.2) is 5.82 Å². The lowest BCUT2D eigenvalue weighted by Gasteiger charge is -2.34. The number of benzene rings is 2. The zero-order valence-corrected chi connectivity index (χ0v) is 16.7. The van der Waals surface area contributed by atoms with Crippen LogP contribution >= 0.6 is 11.6 Å². The van der Waals surface area contributed by atoms with Crippen molar-refractivity contribution in [1.82, 2.24) is 14.9 Å². The van der Waals surface area contributed by atoms with Crippen molar-refractivity contribution in [3.63, 3.8) is 0 Å². The fourth-order valence-electron chi connectivity index (χ4n) is 3.62. The number of carboxylic acid groups (broad SMARTS) is 1. The number of ether oxygens (including phenoxy) is 1. The van der Waals surface area contributed by atoms with Gasteiger partial charge in [0.1, 0.15) is 29.2 Å². The van der Waals surface area contributed by atoms with E-state index in [0.717, 1.165) is 0 Å². The summed E-state index contributed by atoms with van der Waals surface area (Å²) in [5.74, 6) is -0.866. The number of amides is 1. The van der Waals surface area contributed by atoms with E-state index < -0.39 is 17.7 Å². The highest BCUT2D eigenvalue weighted by atomic mass is 35.5. The van der Waals surface area contributed by atoms with Gasteiger partial charge in [-0.15, -0.1) is 0 Å². The number of anilines is 1. The van der Waals surface area contributed by atoms with E-state index in [-0.39, 0.29) is 27.4 Å². The minimum Gasteiger partial charge on any atom is -0.496 e. The number of piperazine rings is 1. The highest BCUT2D eigenvalue weighted by Gasteiger charge is 2.26. The molecule has 1 aliphatic heterocycles. The molecule has 0 spiro atoms. The molecule has 0 saturated carbocycles. The highest BCUT2D eigenvalue weighted by molar-refractivity contribution is 6.34. The van der Waals surface area contributed by atoms with Crippen molar-refractivity contribution in [2.75, 3.05) is 38.2 Å². The molecule has 0 aliphatic carbocycles. The summed E-state index contributed by atoms with van der Waals surface area (Å²) >= 11 is 6.40. The van der Waals surface area contributed by atoms with Crippen LogP contribution in [0.5, 0.6) is 5.75 Å². The number of hydrogen-bond donors (Lipinski definition) is 1. The average Bonchev–Trinajstić information content (AvgIpc) is 2.74. The first-order valence-corrected chi connectivity index (χ1v) is 9.48. The fraction of sp³-hybridized carbons (Fsp3) is 0.250. The normalized spacial score (nSPS) is 14.3. The number of rotatable bonds is 3. The fourth-order valence-corrected chi connectivity index (χ4v) is 3.91. The van der Waals surface area contributed by atoms with Gasteiger partial charge in [0.05, 0.1) is 17.7 Å². The van der Waals surface area contributed by atoms with Crippen molar-refractivity contribution < 1.29 is 23.4 Å². The molecule has 3 aromatic rings. The second kappa shape index (κ2) is 7.91. The Kier molecular flexibility index (Phi) is 5.29. The van der Waals surface area contributed by atoms with Gasteiger partial charge in [-0.2, -0.15) is 0 Å². The molecule has 7 nitrogen and oxygen atoms in total. The van der Waals surface area contributed by atoms with Gasteiger partial charge in [0, 0.05) is 37.1 Å². The predicted molar refractivity (Wildman–Crippen MR) is 108 cm³/mol. The molecule has 1 aromatic heterocycles. The Labute approximate surface area is 175 Å².